The first-order valence-corrected chi connectivity index (χ1v) is 7.29. The molecule has 3 nitrogen and oxygen atoms in total. The Kier molecular flexibility index (Phi) is 4.02. The standard InChI is InChI=1S/C18H19NO2/c20-18(21)11-14-5-7-15(8-6-14)12-19-10-9-16-3-1-2-4-17(16)13-19/h1-8H,9-13H2,(H,20,21). The molecule has 2 aromatic carbocycles. The minimum Gasteiger partial charge on any atom is -0.481 e. The first-order valence-electron chi connectivity index (χ1n) is 7.29. The van der Waals surface area contributed by atoms with Crippen LogP contribution in [0.15, 0.2) is 48.5 Å². The van der Waals surface area contributed by atoms with Gasteiger partial charge in [-0.05, 0) is 28.7 Å². The maximum absolute atomic E-state index is 10.7. The first kappa shape index (κ1) is 13.8. The topological polar surface area (TPSA) is 40.5 Å². The average Bonchev–Trinajstić information content (AvgIpc) is 2.49. The van der Waals surface area contributed by atoms with Crippen LogP contribution in [0.5, 0.6) is 0 Å². The minimum absolute atomic E-state index is 0.0946. The maximum Gasteiger partial charge on any atom is 0.307 e. The second kappa shape index (κ2) is 6.10. The van der Waals surface area contributed by atoms with E-state index in [1.165, 1.54) is 16.7 Å². The number of carboxylic acid groups (broad SMARTS) is 1. The molecule has 0 fully saturated rings. The van der Waals surface area contributed by atoms with Crippen LogP contribution in [-0.2, 0) is 30.7 Å². The molecule has 0 amide bonds. The largest absolute Gasteiger partial charge is 0.481 e. The highest BCUT2D eigenvalue weighted by Gasteiger charge is 2.15. The summed E-state index contributed by atoms with van der Waals surface area (Å²) in [6.07, 6.45) is 1.20. The molecule has 0 radical (unpaired) electrons. The Bertz CT molecular complexity index is 634. The van der Waals surface area contributed by atoms with Crippen LogP contribution >= 0.6 is 0 Å². The molecule has 0 spiro atoms. The third kappa shape index (κ3) is 3.50. The van der Waals surface area contributed by atoms with Gasteiger partial charge in [-0.3, -0.25) is 9.69 Å². The van der Waals surface area contributed by atoms with Crippen LogP contribution in [-0.4, -0.2) is 22.5 Å². The molecule has 3 heteroatoms. The second-order valence-electron chi connectivity index (χ2n) is 5.62. The summed E-state index contributed by atoms with van der Waals surface area (Å²) in [5.41, 5.74) is 4.98. The van der Waals surface area contributed by atoms with Gasteiger partial charge in [0.2, 0.25) is 0 Å². The summed E-state index contributed by atoms with van der Waals surface area (Å²) in [7, 11) is 0. The molecular formula is C18H19NO2. The monoisotopic (exact) mass is 281 g/mol. The lowest BCUT2D eigenvalue weighted by molar-refractivity contribution is -0.136. The van der Waals surface area contributed by atoms with E-state index in [2.05, 4.69) is 29.2 Å². The van der Waals surface area contributed by atoms with Gasteiger partial charge in [0, 0.05) is 19.6 Å². The molecule has 1 N–H and O–H groups in total. The Hall–Kier alpha value is -2.13. The molecule has 0 aromatic heterocycles. The molecule has 0 unspecified atom stereocenters. The fourth-order valence-corrected chi connectivity index (χ4v) is 2.88. The molecule has 0 saturated carbocycles. The van der Waals surface area contributed by atoms with Crippen LogP contribution in [0.2, 0.25) is 0 Å². The Morgan fingerprint density at radius 2 is 1.67 bits per heavy atom. The van der Waals surface area contributed by atoms with Crippen LogP contribution in [0.4, 0.5) is 0 Å². The van der Waals surface area contributed by atoms with Gasteiger partial charge in [-0.15, -0.1) is 0 Å². The lowest BCUT2D eigenvalue weighted by Crippen LogP contribution is -2.29. The van der Waals surface area contributed by atoms with Gasteiger partial charge in [0.25, 0.3) is 0 Å². The fourth-order valence-electron chi connectivity index (χ4n) is 2.88. The summed E-state index contributed by atoms with van der Waals surface area (Å²) in [5.74, 6) is -0.782. The molecule has 1 heterocycles. The number of carbonyl (C=O) groups is 1. The fraction of sp³-hybridized carbons (Fsp3) is 0.278. The van der Waals surface area contributed by atoms with Crippen LogP contribution in [0.3, 0.4) is 0 Å². The van der Waals surface area contributed by atoms with Gasteiger partial charge in [-0.25, -0.2) is 0 Å². The normalized spacial score (nSPS) is 14.7. The highest BCUT2D eigenvalue weighted by molar-refractivity contribution is 5.70. The van der Waals surface area contributed by atoms with Crippen molar-refractivity contribution in [3.05, 3.63) is 70.8 Å². The molecule has 1 aliphatic rings. The first-order chi connectivity index (χ1) is 10.2. The third-order valence-corrected chi connectivity index (χ3v) is 3.99. The van der Waals surface area contributed by atoms with Gasteiger partial charge in [-0.1, -0.05) is 48.5 Å². The van der Waals surface area contributed by atoms with Crippen molar-refractivity contribution < 1.29 is 9.90 Å². The van der Waals surface area contributed by atoms with Crippen LogP contribution in [0.25, 0.3) is 0 Å². The van der Waals surface area contributed by atoms with Crippen molar-refractivity contribution in [2.45, 2.75) is 25.9 Å². The van der Waals surface area contributed by atoms with Crippen molar-refractivity contribution in [2.75, 3.05) is 6.54 Å². The van der Waals surface area contributed by atoms with Crippen molar-refractivity contribution in [3.8, 4) is 0 Å². The molecule has 0 saturated heterocycles. The van der Waals surface area contributed by atoms with Crippen LogP contribution in [0.1, 0.15) is 22.3 Å². The lowest BCUT2D eigenvalue weighted by atomic mass is 9.99. The van der Waals surface area contributed by atoms with Gasteiger partial charge in [0.1, 0.15) is 0 Å². The van der Waals surface area contributed by atoms with E-state index in [1.807, 2.05) is 24.3 Å². The van der Waals surface area contributed by atoms with Crippen LogP contribution < -0.4 is 0 Å². The van der Waals surface area contributed by atoms with E-state index >= 15 is 0 Å². The predicted octanol–water partition coefficient (Wildman–Crippen LogP) is 2.87. The smallest absolute Gasteiger partial charge is 0.307 e. The average molecular weight is 281 g/mol. The summed E-state index contributed by atoms with van der Waals surface area (Å²) < 4.78 is 0. The number of hydrogen-bond acceptors (Lipinski definition) is 2. The summed E-state index contributed by atoms with van der Waals surface area (Å²) in [6, 6.07) is 16.5. The summed E-state index contributed by atoms with van der Waals surface area (Å²) in [4.78, 5) is 13.1. The number of benzene rings is 2. The van der Waals surface area contributed by atoms with Gasteiger partial charge < -0.3 is 5.11 Å². The Morgan fingerprint density at radius 3 is 2.38 bits per heavy atom. The minimum atomic E-state index is -0.782. The molecule has 0 bridgehead atoms. The number of carboxylic acids is 1. The Balaban J connectivity index is 1.64. The van der Waals surface area contributed by atoms with E-state index in [-0.39, 0.29) is 6.42 Å². The summed E-state index contributed by atoms with van der Waals surface area (Å²) in [5, 5.41) is 8.78. The summed E-state index contributed by atoms with van der Waals surface area (Å²) in [6.45, 7) is 2.99. The molecule has 1 aliphatic heterocycles. The Labute approximate surface area is 124 Å². The molecule has 2 aromatic rings. The van der Waals surface area contributed by atoms with E-state index < -0.39 is 5.97 Å². The van der Waals surface area contributed by atoms with Gasteiger partial charge in [-0.2, -0.15) is 0 Å². The summed E-state index contributed by atoms with van der Waals surface area (Å²) >= 11 is 0. The highest BCUT2D eigenvalue weighted by Crippen LogP contribution is 2.20. The number of aliphatic carboxylic acids is 1. The third-order valence-electron chi connectivity index (χ3n) is 3.99. The number of hydrogen-bond donors (Lipinski definition) is 1. The molecule has 21 heavy (non-hydrogen) atoms. The zero-order chi connectivity index (χ0) is 14.7. The van der Waals surface area contributed by atoms with E-state index in [0.29, 0.717) is 0 Å². The highest BCUT2D eigenvalue weighted by atomic mass is 16.4. The van der Waals surface area contributed by atoms with Crippen molar-refractivity contribution >= 4 is 5.97 Å². The number of fused-ring (bicyclic) bond motifs is 1. The Morgan fingerprint density at radius 1 is 1.00 bits per heavy atom. The van der Waals surface area contributed by atoms with E-state index in [1.54, 1.807) is 0 Å². The van der Waals surface area contributed by atoms with Crippen molar-refractivity contribution in [1.29, 1.82) is 0 Å². The zero-order valence-corrected chi connectivity index (χ0v) is 12.0. The molecule has 0 atom stereocenters. The number of rotatable bonds is 4. The van der Waals surface area contributed by atoms with Crippen molar-refractivity contribution in [3.63, 3.8) is 0 Å². The molecule has 0 aliphatic carbocycles. The van der Waals surface area contributed by atoms with E-state index in [0.717, 1.165) is 31.6 Å². The molecule has 108 valence electrons. The van der Waals surface area contributed by atoms with E-state index in [9.17, 15) is 4.79 Å². The van der Waals surface area contributed by atoms with Crippen LogP contribution in [0, 0.1) is 0 Å². The zero-order valence-electron chi connectivity index (χ0n) is 12.0. The quantitative estimate of drug-likeness (QED) is 0.937. The molecular weight excluding hydrogens is 262 g/mol. The number of nitrogens with zero attached hydrogens (tertiary/aromatic N) is 1. The van der Waals surface area contributed by atoms with Crippen molar-refractivity contribution in [2.24, 2.45) is 0 Å². The van der Waals surface area contributed by atoms with Gasteiger partial charge in [0.05, 0.1) is 6.42 Å². The van der Waals surface area contributed by atoms with Crippen molar-refractivity contribution in [1.82, 2.24) is 4.90 Å². The SMILES string of the molecule is O=C(O)Cc1ccc(CN2CCc3ccccc3C2)cc1. The molecule has 3 rings (SSSR count). The second-order valence-corrected chi connectivity index (χ2v) is 5.62. The maximum atomic E-state index is 10.7. The van der Waals surface area contributed by atoms with E-state index in [4.69, 9.17) is 5.11 Å². The lowest BCUT2D eigenvalue weighted by Gasteiger charge is -2.28. The van der Waals surface area contributed by atoms with Gasteiger partial charge in [0.15, 0.2) is 0 Å². The predicted molar refractivity (Wildman–Crippen MR) is 82.0 cm³/mol. The van der Waals surface area contributed by atoms with Gasteiger partial charge >= 0.3 is 5.97 Å².